The van der Waals surface area contributed by atoms with E-state index in [1.54, 1.807) is 0 Å². The minimum atomic E-state index is 0.886. The standard InChI is InChI=1S/C10H13BrN2/c1-3-4-7-12-10-6-5-9(11)8(2)13-10/h3,5-6H,1,4,7H2,2H3,(H,12,13). The molecular weight excluding hydrogens is 228 g/mol. The van der Waals surface area contributed by atoms with Crippen LogP contribution in [-0.2, 0) is 0 Å². The van der Waals surface area contributed by atoms with E-state index in [4.69, 9.17) is 0 Å². The highest BCUT2D eigenvalue weighted by atomic mass is 79.9. The van der Waals surface area contributed by atoms with Crippen LogP contribution in [0.5, 0.6) is 0 Å². The average Bonchev–Trinajstić information content (AvgIpc) is 2.12. The third kappa shape index (κ3) is 3.19. The van der Waals surface area contributed by atoms with Gasteiger partial charge in [-0.25, -0.2) is 4.98 Å². The summed E-state index contributed by atoms with van der Waals surface area (Å²) >= 11 is 3.40. The van der Waals surface area contributed by atoms with Gasteiger partial charge in [0.15, 0.2) is 0 Å². The van der Waals surface area contributed by atoms with E-state index >= 15 is 0 Å². The summed E-state index contributed by atoms with van der Waals surface area (Å²) in [6, 6.07) is 3.96. The summed E-state index contributed by atoms with van der Waals surface area (Å²) in [5.41, 5.74) is 1.00. The van der Waals surface area contributed by atoms with Crippen LogP contribution >= 0.6 is 15.9 Å². The van der Waals surface area contributed by atoms with Crippen molar-refractivity contribution >= 4 is 21.7 Å². The quantitative estimate of drug-likeness (QED) is 0.647. The lowest BCUT2D eigenvalue weighted by Crippen LogP contribution is -2.02. The largest absolute Gasteiger partial charge is 0.370 e. The van der Waals surface area contributed by atoms with Crippen LogP contribution in [-0.4, -0.2) is 11.5 Å². The van der Waals surface area contributed by atoms with Gasteiger partial charge in [-0.3, -0.25) is 0 Å². The third-order valence-corrected chi connectivity index (χ3v) is 2.51. The second-order valence-corrected chi connectivity index (χ2v) is 3.62. The van der Waals surface area contributed by atoms with E-state index in [2.05, 4.69) is 32.8 Å². The maximum Gasteiger partial charge on any atom is 0.126 e. The van der Waals surface area contributed by atoms with Crippen LogP contribution in [0.3, 0.4) is 0 Å². The first-order chi connectivity index (χ1) is 6.24. The molecule has 0 amide bonds. The molecule has 0 bridgehead atoms. The van der Waals surface area contributed by atoms with Crippen molar-refractivity contribution in [3.8, 4) is 0 Å². The second-order valence-electron chi connectivity index (χ2n) is 2.77. The van der Waals surface area contributed by atoms with Gasteiger partial charge in [0.2, 0.25) is 0 Å². The molecule has 0 saturated heterocycles. The first-order valence-corrected chi connectivity index (χ1v) is 5.01. The Balaban J connectivity index is 2.57. The Morgan fingerprint density at radius 2 is 2.38 bits per heavy atom. The number of hydrogen-bond acceptors (Lipinski definition) is 2. The highest BCUT2D eigenvalue weighted by Gasteiger charge is 1.96. The zero-order valence-electron chi connectivity index (χ0n) is 7.68. The van der Waals surface area contributed by atoms with Crippen LogP contribution in [0.1, 0.15) is 12.1 Å². The van der Waals surface area contributed by atoms with Gasteiger partial charge in [0.1, 0.15) is 5.82 Å². The minimum absolute atomic E-state index is 0.886. The fourth-order valence-electron chi connectivity index (χ4n) is 0.945. The monoisotopic (exact) mass is 240 g/mol. The van der Waals surface area contributed by atoms with E-state index < -0.39 is 0 Å². The number of aryl methyl sites for hydroxylation is 1. The topological polar surface area (TPSA) is 24.9 Å². The molecule has 0 fully saturated rings. The van der Waals surface area contributed by atoms with Crippen molar-refractivity contribution in [2.24, 2.45) is 0 Å². The zero-order chi connectivity index (χ0) is 9.68. The number of aromatic nitrogens is 1. The second kappa shape index (κ2) is 5.02. The zero-order valence-corrected chi connectivity index (χ0v) is 9.26. The third-order valence-electron chi connectivity index (χ3n) is 1.68. The van der Waals surface area contributed by atoms with E-state index in [0.717, 1.165) is 29.0 Å². The molecule has 0 aromatic carbocycles. The number of pyridine rings is 1. The molecule has 1 heterocycles. The Morgan fingerprint density at radius 3 is 3.00 bits per heavy atom. The molecule has 2 nitrogen and oxygen atoms in total. The van der Waals surface area contributed by atoms with Crippen molar-refractivity contribution in [1.29, 1.82) is 0 Å². The minimum Gasteiger partial charge on any atom is -0.370 e. The number of halogens is 1. The highest BCUT2D eigenvalue weighted by molar-refractivity contribution is 9.10. The molecule has 1 N–H and O–H groups in total. The van der Waals surface area contributed by atoms with Crippen LogP contribution < -0.4 is 5.32 Å². The normalized spacial score (nSPS) is 9.69. The van der Waals surface area contributed by atoms with E-state index in [0.29, 0.717) is 0 Å². The lowest BCUT2D eigenvalue weighted by Gasteiger charge is -2.05. The predicted molar refractivity (Wildman–Crippen MR) is 60.0 cm³/mol. The first kappa shape index (κ1) is 10.3. The molecule has 0 aliphatic carbocycles. The number of nitrogens with one attached hydrogen (secondary N) is 1. The fraction of sp³-hybridized carbons (Fsp3) is 0.300. The van der Waals surface area contributed by atoms with Gasteiger partial charge < -0.3 is 5.32 Å². The van der Waals surface area contributed by atoms with Crippen molar-refractivity contribution in [1.82, 2.24) is 4.98 Å². The Labute approximate surface area is 87.2 Å². The Morgan fingerprint density at radius 1 is 1.62 bits per heavy atom. The van der Waals surface area contributed by atoms with Gasteiger partial charge in [0.25, 0.3) is 0 Å². The summed E-state index contributed by atoms with van der Waals surface area (Å²) in [7, 11) is 0. The van der Waals surface area contributed by atoms with Gasteiger partial charge >= 0.3 is 0 Å². The Kier molecular flexibility index (Phi) is 3.96. The molecule has 13 heavy (non-hydrogen) atoms. The summed E-state index contributed by atoms with van der Waals surface area (Å²) in [5.74, 6) is 0.919. The van der Waals surface area contributed by atoms with Crippen molar-refractivity contribution < 1.29 is 0 Å². The lowest BCUT2D eigenvalue weighted by atomic mass is 10.3. The summed E-state index contributed by atoms with van der Waals surface area (Å²) < 4.78 is 1.04. The molecule has 1 aromatic rings. The first-order valence-electron chi connectivity index (χ1n) is 4.22. The van der Waals surface area contributed by atoms with Crippen LogP contribution in [0.25, 0.3) is 0 Å². The predicted octanol–water partition coefficient (Wildman–Crippen LogP) is 3.14. The van der Waals surface area contributed by atoms with Crippen LogP contribution in [0.2, 0.25) is 0 Å². The molecule has 0 aliphatic heterocycles. The molecule has 3 heteroatoms. The molecule has 0 atom stereocenters. The van der Waals surface area contributed by atoms with Crippen LogP contribution in [0.4, 0.5) is 5.82 Å². The molecular formula is C10H13BrN2. The summed E-state index contributed by atoms with van der Waals surface area (Å²) in [5, 5.41) is 3.21. The lowest BCUT2D eigenvalue weighted by molar-refractivity contribution is 1.04. The number of hydrogen-bond donors (Lipinski definition) is 1. The molecule has 70 valence electrons. The molecule has 0 radical (unpaired) electrons. The van der Waals surface area contributed by atoms with Gasteiger partial charge in [0, 0.05) is 11.0 Å². The summed E-state index contributed by atoms with van der Waals surface area (Å²) in [6.45, 7) is 6.52. The number of rotatable bonds is 4. The maximum atomic E-state index is 4.35. The molecule has 1 rings (SSSR count). The maximum absolute atomic E-state index is 4.35. The molecule has 0 unspecified atom stereocenters. The molecule has 0 aliphatic rings. The van der Waals surface area contributed by atoms with Gasteiger partial charge in [-0.2, -0.15) is 0 Å². The van der Waals surface area contributed by atoms with Crippen molar-refractivity contribution in [3.63, 3.8) is 0 Å². The smallest absolute Gasteiger partial charge is 0.126 e. The van der Waals surface area contributed by atoms with Gasteiger partial charge in [-0.05, 0) is 41.4 Å². The van der Waals surface area contributed by atoms with Crippen LogP contribution in [0, 0.1) is 6.92 Å². The van der Waals surface area contributed by atoms with E-state index in [9.17, 15) is 0 Å². The summed E-state index contributed by atoms with van der Waals surface area (Å²) in [6.07, 6.45) is 2.84. The SMILES string of the molecule is C=CCCNc1ccc(Br)c(C)n1. The highest BCUT2D eigenvalue weighted by Crippen LogP contribution is 2.15. The van der Waals surface area contributed by atoms with Gasteiger partial charge in [-0.15, -0.1) is 6.58 Å². The van der Waals surface area contributed by atoms with Gasteiger partial charge in [0.05, 0.1) is 5.69 Å². The van der Waals surface area contributed by atoms with Crippen molar-refractivity contribution in [2.75, 3.05) is 11.9 Å². The number of anilines is 1. The van der Waals surface area contributed by atoms with E-state index in [-0.39, 0.29) is 0 Å². The van der Waals surface area contributed by atoms with Crippen molar-refractivity contribution in [3.05, 3.63) is 35.0 Å². The molecule has 1 aromatic heterocycles. The van der Waals surface area contributed by atoms with Gasteiger partial charge in [-0.1, -0.05) is 6.08 Å². The van der Waals surface area contributed by atoms with Crippen molar-refractivity contribution in [2.45, 2.75) is 13.3 Å². The number of nitrogens with zero attached hydrogens (tertiary/aromatic N) is 1. The Hall–Kier alpha value is -0.830. The molecule has 0 spiro atoms. The van der Waals surface area contributed by atoms with E-state index in [1.165, 1.54) is 0 Å². The fourth-order valence-corrected chi connectivity index (χ4v) is 1.17. The Bertz CT molecular complexity index is 297. The summed E-state index contributed by atoms with van der Waals surface area (Å²) in [4.78, 5) is 4.35. The van der Waals surface area contributed by atoms with Crippen LogP contribution in [0.15, 0.2) is 29.3 Å². The van der Waals surface area contributed by atoms with E-state index in [1.807, 2.05) is 25.1 Å². The molecule has 0 saturated carbocycles. The average molecular weight is 241 g/mol.